The van der Waals surface area contributed by atoms with Crippen LogP contribution in [0.3, 0.4) is 0 Å². The minimum atomic E-state index is -0.258. The van der Waals surface area contributed by atoms with Crippen LogP contribution >= 0.6 is 35.0 Å². The number of halogens is 2. The first kappa shape index (κ1) is 21.4. The van der Waals surface area contributed by atoms with Crippen molar-refractivity contribution in [3.8, 4) is 0 Å². The molecule has 10 heteroatoms. The Bertz CT molecular complexity index is 1030. The molecule has 0 aliphatic carbocycles. The monoisotopic (exact) mass is 451 g/mol. The molecule has 7 nitrogen and oxygen atoms in total. The molecular formula is C19H19Cl2N5O2S. The summed E-state index contributed by atoms with van der Waals surface area (Å²) in [4.78, 5) is 30.9. The molecule has 0 atom stereocenters. The van der Waals surface area contributed by atoms with Crippen LogP contribution in [0, 0.1) is 6.92 Å². The number of amides is 2. The molecule has 0 radical (unpaired) electrons. The molecule has 0 bridgehead atoms. The average Bonchev–Trinajstić information content (AvgIpc) is 3.14. The number of anilines is 1. The van der Waals surface area contributed by atoms with E-state index in [4.69, 9.17) is 23.2 Å². The van der Waals surface area contributed by atoms with Gasteiger partial charge in [-0.25, -0.2) is 4.99 Å². The van der Waals surface area contributed by atoms with Gasteiger partial charge in [0.25, 0.3) is 5.91 Å². The van der Waals surface area contributed by atoms with E-state index in [-0.39, 0.29) is 17.6 Å². The number of amidine groups is 1. The largest absolute Gasteiger partial charge is 0.324 e. The molecule has 0 unspecified atom stereocenters. The van der Waals surface area contributed by atoms with E-state index in [0.29, 0.717) is 33.1 Å². The van der Waals surface area contributed by atoms with Crippen LogP contribution < -0.4 is 5.32 Å². The highest BCUT2D eigenvalue weighted by Crippen LogP contribution is 2.27. The molecule has 0 saturated heterocycles. The summed E-state index contributed by atoms with van der Waals surface area (Å²) >= 11 is 13.1. The highest BCUT2D eigenvalue weighted by molar-refractivity contribution is 8.14. The molecule has 1 aromatic carbocycles. The van der Waals surface area contributed by atoms with E-state index < -0.39 is 0 Å². The number of rotatable bonds is 5. The van der Waals surface area contributed by atoms with Crippen molar-refractivity contribution >= 4 is 63.7 Å². The summed E-state index contributed by atoms with van der Waals surface area (Å²) in [5.74, 6) is -0.369. The fourth-order valence-corrected chi connectivity index (χ4v) is 4.05. The molecule has 29 heavy (non-hydrogen) atoms. The highest BCUT2D eigenvalue weighted by atomic mass is 35.5. The van der Waals surface area contributed by atoms with E-state index in [2.05, 4.69) is 15.4 Å². The number of benzene rings is 1. The Morgan fingerprint density at radius 1 is 1.34 bits per heavy atom. The number of carbonyl (C=O) groups is 2. The lowest BCUT2D eigenvalue weighted by atomic mass is 10.2. The van der Waals surface area contributed by atoms with Crippen LogP contribution in [0.4, 0.5) is 5.69 Å². The second-order valence-electron chi connectivity index (χ2n) is 6.28. The summed E-state index contributed by atoms with van der Waals surface area (Å²) in [7, 11) is 1.82. The molecule has 1 aliphatic rings. The molecule has 2 amide bonds. The molecule has 1 N–H and O–H groups in total. The fourth-order valence-electron chi connectivity index (χ4n) is 2.73. The first-order chi connectivity index (χ1) is 13.8. The minimum absolute atomic E-state index is 0.0841. The Balaban J connectivity index is 1.70. The Hall–Kier alpha value is -2.29. The number of aromatic nitrogens is 2. The third-order valence-electron chi connectivity index (χ3n) is 4.11. The number of aryl methyl sites for hydroxylation is 2. The van der Waals surface area contributed by atoms with E-state index >= 15 is 0 Å². The molecule has 0 saturated carbocycles. The Labute approximate surface area is 182 Å². The van der Waals surface area contributed by atoms with Gasteiger partial charge in [-0.2, -0.15) is 5.10 Å². The quantitative estimate of drug-likeness (QED) is 0.697. The topological polar surface area (TPSA) is 79.6 Å². The van der Waals surface area contributed by atoms with Crippen molar-refractivity contribution < 1.29 is 9.59 Å². The first-order valence-corrected chi connectivity index (χ1v) is 10.5. The lowest BCUT2D eigenvalue weighted by Crippen LogP contribution is -2.31. The third-order valence-corrected chi connectivity index (χ3v) is 5.63. The zero-order chi connectivity index (χ0) is 21.1. The van der Waals surface area contributed by atoms with E-state index in [0.717, 1.165) is 11.3 Å². The van der Waals surface area contributed by atoms with Gasteiger partial charge in [-0.15, -0.1) is 0 Å². The van der Waals surface area contributed by atoms with Gasteiger partial charge in [0.05, 0.1) is 22.2 Å². The molecule has 3 rings (SSSR count). The van der Waals surface area contributed by atoms with Crippen molar-refractivity contribution in [2.75, 3.05) is 17.6 Å². The number of likely N-dealkylation sites (N-methyl/N-ethyl adjacent to an activating group) is 1. The van der Waals surface area contributed by atoms with Crippen molar-refractivity contribution in [2.24, 2.45) is 12.0 Å². The number of aliphatic imine (C=N–C) groups is 1. The number of nitrogens with zero attached hydrogens (tertiary/aromatic N) is 4. The van der Waals surface area contributed by atoms with Crippen molar-refractivity contribution in [1.82, 2.24) is 14.7 Å². The standard InChI is InChI=1S/C19H19Cl2N5O2S/c1-4-26-18(28)16(7-12-9-25(3)24-11(12)2)23-19(26)29-10-17(27)22-15-6-5-13(20)8-14(15)21/h5-9H,4,10H2,1-3H3,(H,22,27)/b16-7+. The van der Waals surface area contributed by atoms with Gasteiger partial charge in [0.1, 0.15) is 5.70 Å². The van der Waals surface area contributed by atoms with Crippen molar-refractivity contribution in [3.05, 3.63) is 51.4 Å². The van der Waals surface area contributed by atoms with Crippen LogP contribution in [0.15, 0.2) is 35.1 Å². The maximum atomic E-state index is 12.7. The molecule has 0 fully saturated rings. The lowest BCUT2D eigenvalue weighted by Gasteiger charge is -2.14. The summed E-state index contributed by atoms with van der Waals surface area (Å²) in [6, 6.07) is 4.84. The van der Waals surface area contributed by atoms with Gasteiger partial charge in [-0.1, -0.05) is 35.0 Å². The smallest absolute Gasteiger partial charge is 0.278 e. The van der Waals surface area contributed by atoms with Gasteiger partial charge in [-0.05, 0) is 38.1 Å². The van der Waals surface area contributed by atoms with Gasteiger partial charge in [0.2, 0.25) is 5.91 Å². The second kappa shape index (κ2) is 9.02. The second-order valence-corrected chi connectivity index (χ2v) is 8.06. The van der Waals surface area contributed by atoms with Crippen molar-refractivity contribution in [1.29, 1.82) is 0 Å². The number of thioether (sulfide) groups is 1. The molecule has 2 heterocycles. The lowest BCUT2D eigenvalue weighted by molar-refractivity contribution is -0.122. The predicted octanol–water partition coefficient (Wildman–Crippen LogP) is 3.97. The molecular weight excluding hydrogens is 433 g/mol. The number of hydrogen-bond acceptors (Lipinski definition) is 5. The summed E-state index contributed by atoms with van der Waals surface area (Å²) in [5.41, 5.74) is 2.45. The zero-order valence-corrected chi connectivity index (χ0v) is 18.4. The van der Waals surface area contributed by atoms with Crippen LogP contribution in [0.2, 0.25) is 10.0 Å². The number of carbonyl (C=O) groups excluding carboxylic acids is 2. The molecule has 1 aliphatic heterocycles. The summed E-state index contributed by atoms with van der Waals surface area (Å²) in [6.45, 7) is 4.19. The summed E-state index contributed by atoms with van der Waals surface area (Å²) in [5, 5.41) is 8.34. The maximum Gasteiger partial charge on any atom is 0.278 e. The summed E-state index contributed by atoms with van der Waals surface area (Å²) < 4.78 is 1.68. The summed E-state index contributed by atoms with van der Waals surface area (Å²) in [6.07, 6.45) is 3.55. The number of hydrogen-bond donors (Lipinski definition) is 1. The zero-order valence-electron chi connectivity index (χ0n) is 16.1. The van der Waals surface area contributed by atoms with Crippen LogP contribution in [-0.2, 0) is 16.6 Å². The Kier molecular flexibility index (Phi) is 6.66. The fraction of sp³-hybridized carbons (Fsp3) is 0.263. The molecule has 1 aromatic heterocycles. The highest BCUT2D eigenvalue weighted by Gasteiger charge is 2.30. The van der Waals surface area contributed by atoms with Gasteiger partial charge in [0.15, 0.2) is 5.17 Å². The molecule has 152 valence electrons. The van der Waals surface area contributed by atoms with E-state index in [1.54, 1.807) is 33.9 Å². The third kappa shape index (κ3) is 5.01. The van der Waals surface area contributed by atoms with Crippen LogP contribution in [0.5, 0.6) is 0 Å². The van der Waals surface area contributed by atoms with Crippen LogP contribution in [0.25, 0.3) is 6.08 Å². The van der Waals surface area contributed by atoms with Crippen molar-refractivity contribution in [3.63, 3.8) is 0 Å². The minimum Gasteiger partial charge on any atom is -0.324 e. The SMILES string of the molecule is CCN1C(=O)/C(=C\c2cn(C)nc2C)N=C1SCC(=O)Nc1ccc(Cl)cc1Cl. The van der Waals surface area contributed by atoms with Crippen LogP contribution in [0.1, 0.15) is 18.2 Å². The van der Waals surface area contributed by atoms with E-state index in [1.165, 1.54) is 11.8 Å². The van der Waals surface area contributed by atoms with Gasteiger partial charge >= 0.3 is 0 Å². The maximum absolute atomic E-state index is 12.7. The van der Waals surface area contributed by atoms with Gasteiger partial charge < -0.3 is 5.32 Å². The van der Waals surface area contributed by atoms with E-state index in [9.17, 15) is 9.59 Å². The molecule has 2 aromatic rings. The normalized spacial score (nSPS) is 15.2. The van der Waals surface area contributed by atoms with Gasteiger partial charge in [0, 0.05) is 30.4 Å². The Morgan fingerprint density at radius 3 is 2.72 bits per heavy atom. The van der Waals surface area contributed by atoms with Crippen molar-refractivity contribution in [2.45, 2.75) is 13.8 Å². The predicted molar refractivity (Wildman–Crippen MR) is 118 cm³/mol. The first-order valence-electron chi connectivity index (χ1n) is 8.78. The molecule has 0 spiro atoms. The Morgan fingerprint density at radius 2 is 2.10 bits per heavy atom. The van der Waals surface area contributed by atoms with Gasteiger partial charge in [-0.3, -0.25) is 19.2 Å². The van der Waals surface area contributed by atoms with Crippen LogP contribution in [-0.4, -0.2) is 44.0 Å². The average molecular weight is 452 g/mol. The van der Waals surface area contributed by atoms with E-state index in [1.807, 2.05) is 27.1 Å². The number of nitrogens with one attached hydrogen (secondary N) is 1.